The summed E-state index contributed by atoms with van der Waals surface area (Å²) in [7, 11) is 0. The lowest BCUT2D eigenvalue weighted by Crippen LogP contribution is -2.71. The largest absolute Gasteiger partial charge is 0.385 e. The molecule has 0 spiro atoms. The molecule has 9 unspecified atom stereocenters. The zero-order valence-electron chi connectivity index (χ0n) is 30.4. The maximum Gasteiger partial charge on any atom is 0.0818 e. The summed E-state index contributed by atoms with van der Waals surface area (Å²) in [5.74, 6) is 3.04. The molecule has 1 fully saturated rings. The van der Waals surface area contributed by atoms with Crippen LogP contribution in [0.4, 0.5) is 0 Å². The van der Waals surface area contributed by atoms with E-state index < -0.39 is 0 Å². The Morgan fingerprint density at radius 3 is 2.10 bits per heavy atom. The molecule has 260 valence electrons. The third-order valence-corrected chi connectivity index (χ3v) is 12.8. The smallest absolute Gasteiger partial charge is 0.0818 e. The average molecular weight is 657 g/mol. The van der Waals surface area contributed by atoms with Crippen molar-refractivity contribution in [3.63, 3.8) is 0 Å². The second kappa shape index (κ2) is 14.0. The van der Waals surface area contributed by atoms with Crippen LogP contribution in [-0.4, -0.2) is 24.5 Å². The van der Waals surface area contributed by atoms with E-state index in [0.717, 1.165) is 6.42 Å². The average Bonchev–Trinajstić information content (AvgIpc) is 3.14. The molecule has 4 nitrogen and oxygen atoms in total. The highest BCUT2D eigenvalue weighted by atomic mass is 15.4. The van der Waals surface area contributed by atoms with Crippen molar-refractivity contribution in [2.45, 2.75) is 116 Å². The Morgan fingerprint density at radius 2 is 1.43 bits per heavy atom. The van der Waals surface area contributed by atoms with E-state index >= 15 is 0 Å². The lowest BCUT2D eigenvalue weighted by atomic mass is 9.65. The van der Waals surface area contributed by atoms with Crippen molar-refractivity contribution in [2.75, 3.05) is 0 Å². The molecule has 6 aliphatic carbocycles. The van der Waals surface area contributed by atoms with E-state index in [1.165, 1.54) is 69.1 Å². The van der Waals surface area contributed by atoms with Crippen LogP contribution in [0, 0.1) is 40.9 Å². The molecule has 0 amide bonds. The van der Waals surface area contributed by atoms with Gasteiger partial charge in [-0.15, -0.1) is 0 Å². The third-order valence-electron chi connectivity index (χ3n) is 12.8. The van der Waals surface area contributed by atoms with Gasteiger partial charge in [-0.05, 0) is 117 Å². The Hall–Kier alpha value is -2.92. The van der Waals surface area contributed by atoms with Gasteiger partial charge in [-0.3, -0.25) is 16.0 Å². The molecule has 0 bridgehead atoms. The lowest BCUT2D eigenvalue weighted by molar-refractivity contribution is 0.119. The number of rotatable bonds is 5. The van der Waals surface area contributed by atoms with Crippen LogP contribution >= 0.6 is 0 Å². The van der Waals surface area contributed by atoms with Crippen molar-refractivity contribution in [1.82, 2.24) is 21.3 Å². The highest BCUT2D eigenvalue weighted by Crippen LogP contribution is 2.49. The van der Waals surface area contributed by atoms with Gasteiger partial charge in [0.05, 0.1) is 18.5 Å². The molecular weight excluding hydrogens is 597 g/mol. The number of nitrogens with one attached hydrogen (secondary N) is 4. The summed E-state index contributed by atoms with van der Waals surface area (Å²) in [5, 5.41) is 16.6. The molecule has 49 heavy (non-hydrogen) atoms. The summed E-state index contributed by atoms with van der Waals surface area (Å²) >= 11 is 0. The van der Waals surface area contributed by atoms with Crippen LogP contribution < -0.4 is 21.3 Å². The SMILES string of the molecule is CC1CCC(C2C=C(C3NC(C4CC=CCC4)NC(C4CC=CCC4)N3)CC(C3=C4C=CC=CC4C4C=CC=CC4=C3)C2)=C(C(C)(C)C)N1. The van der Waals surface area contributed by atoms with E-state index in [4.69, 9.17) is 0 Å². The Labute approximate surface area is 296 Å². The Morgan fingerprint density at radius 1 is 0.735 bits per heavy atom. The van der Waals surface area contributed by atoms with Crippen molar-refractivity contribution in [1.29, 1.82) is 0 Å². The first-order chi connectivity index (χ1) is 23.8. The number of hydrogen-bond donors (Lipinski definition) is 4. The zero-order valence-corrected chi connectivity index (χ0v) is 30.4. The molecule has 0 aromatic rings. The Kier molecular flexibility index (Phi) is 9.50. The number of fused-ring (bicyclic) bond motifs is 3. The Balaban J connectivity index is 1.20. The monoisotopic (exact) mass is 656 g/mol. The summed E-state index contributed by atoms with van der Waals surface area (Å²) in [6.45, 7) is 9.58. The number of hydrogen-bond acceptors (Lipinski definition) is 4. The van der Waals surface area contributed by atoms with Gasteiger partial charge >= 0.3 is 0 Å². The molecule has 0 radical (unpaired) electrons. The van der Waals surface area contributed by atoms with Gasteiger partial charge in [-0.1, -0.05) is 106 Å². The van der Waals surface area contributed by atoms with Gasteiger partial charge < -0.3 is 5.32 Å². The highest BCUT2D eigenvalue weighted by molar-refractivity contribution is 5.54. The van der Waals surface area contributed by atoms with Crippen LogP contribution in [0.3, 0.4) is 0 Å². The predicted octanol–water partition coefficient (Wildman–Crippen LogP) is 9.21. The minimum absolute atomic E-state index is 0.0958. The topological polar surface area (TPSA) is 48.1 Å². The van der Waals surface area contributed by atoms with Crippen LogP contribution in [-0.2, 0) is 0 Å². The molecule has 1 saturated heterocycles. The first kappa shape index (κ1) is 33.2. The third kappa shape index (κ3) is 6.90. The molecule has 9 atom stereocenters. The summed E-state index contributed by atoms with van der Waals surface area (Å²) in [4.78, 5) is 0. The number of allylic oxidation sites excluding steroid dienone is 19. The van der Waals surface area contributed by atoms with Gasteiger partial charge in [-0.2, -0.15) is 0 Å². The van der Waals surface area contributed by atoms with E-state index in [9.17, 15) is 0 Å². The van der Waals surface area contributed by atoms with Crippen LogP contribution in [0.2, 0.25) is 0 Å². The van der Waals surface area contributed by atoms with Crippen molar-refractivity contribution >= 4 is 0 Å². The minimum atomic E-state index is 0.0958. The quantitative estimate of drug-likeness (QED) is 0.223. The summed E-state index contributed by atoms with van der Waals surface area (Å²) in [5.41, 5.74) is 9.44. The van der Waals surface area contributed by atoms with Gasteiger partial charge in [0.15, 0.2) is 0 Å². The van der Waals surface area contributed by atoms with E-state index in [1.54, 1.807) is 22.3 Å². The first-order valence-corrected chi connectivity index (χ1v) is 19.8. The molecule has 0 saturated carbocycles. The second-order valence-corrected chi connectivity index (χ2v) is 17.3. The minimum Gasteiger partial charge on any atom is -0.385 e. The van der Waals surface area contributed by atoms with Gasteiger partial charge in [-0.25, -0.2) is 0 Å². The van der Waals surface area contributed by atoms with Gasteiger partial charge in [0, 0.05) is 34.9 Å². The van der Waals surface area contributed by atoms with E-state index in [2.05, 4.69) is 134 Å². The molecule has 8 aliphatic rings. The maximum atomic E-state index is 4.21. The van der Waals surface area contributed by atoms with Crippen molar-refractivity contribution < 1.29 is 0 Å². The fraction of sp³-hybridized carbons (Fsp3) is 0.556. The van der Waals surface area contributed by atoms with Gasteiger partial charge in [0.2, 0.25) is 0 Å². The molecule has 4 heteroatoms. The molecule has 0 aromatic heterocycles. The van der Waals surface area contributed by atoms with Crippen LogP contribution in [0.5, 0.6) is 0 Å². The summed E-state index contributed by atoms with van der Waals surface area (Å²) in [6.07, 6.45) is 46.4. The van der Waals surface area contributed by atoms with E-state index in [-0.39, 0.29) is 11.6 Å². The summed E-state index contributed by atoms with van der Waals surface area (Å²) in [6, 6.07) is 0.528. The Bertz CT molecular complexity index is 1550. The first-order valence-electron chi connectivity index (χ1n) is 19.8. The summed E-state index contributed by atoms with van der Waals surface area (Å²) < 4.78 is 0. The molecular formula is C45H60N4. The maximum absolute atomic E-state index is 4.21. The molecule has 2 aliphatic heterocycles. The fourth-order valence-corrected chi connectivity index (χ4v) is 10.3. The van der Waals surface area contributed by atoms with Crippen LogP contribution in [0.15, 0.2) is 119 Å². The van der Waals surface area contributed by atoms with Crippen LogP contribution in [0.25, 0.3) is 0 Å². The van der Waals surface area contributed by atoms with Crippen molar-refractivity contribution in [3.8, 4) is 0 Å². The molecule has 2 heterocycles. The molecule has 8 rings (SSSR count). The zero-order chi connectivity index (χ0) is 33.5. The normalized spacial score (nSPS) is 38.9. The van der Waals surface area contributed by atoms with Crippen molar-refractivity contribution in [2.24, 2.45) is 40.9 Å². The predicted molar refractivity (Wildman–Crippen MR) is 205 cm³/mol. The van der Waals surface area contributed by atoms with E-state index in [1.807, 2.05) is 0 Å². The standard InChI is InChI=1S/C45H60N4/c1-29-23-24-37(41(46-29)45(2,3)4)33-25-34(40-28-32-19-11-12-20-36(32)38-21-13-14-22-39(38)40)27-35(26-33)44-48-42(30-15-7-5-8-16-30)47-43(49-44)31-17-9-6-10-18-31/h5-7,9,11-14,19-22,26,28-31,33-34,36,38,42-44,46-49H,8,10,15-18,23-25,27H2,1-4H3. The second-order valence-electron chi connectivity index (χ2n) is 17.3. The van der Waals surface area contributed by atoms with Crippen LogP contribution in [0.1, 0.15) is 91.9 Å². The van der Waals surface area contributed by atoms with Gasteiger partial charge in [0.1, 0.15) is 0 Å². The molecule has 4 N–H and O–H groups in total. The lowest BCUT2D eigenvalue weighted by Gasteiger charge is -2.48. The van der Waals surface area contributed by atoms with Gasteiger partial charge in [0.25, 0.3) is 0 Å². The molecule has 0 aromatic carbocycles. The fourth-order valence-electron chi connectivity index (χ4n) is 10.3. The highest BCUT2D eigenvalue weighted by Gasteiger charge is 2.41. The van der Waals surface area contributed by atoms with Crippen molar-refractivity contribution in [3.05, 3.63) is 119 Å². The van der Waals surface area contributed by atoms with E-state index in [0.29, 0.717) is 53.9 Å².